The maximum Gasteiger partial charge on any atom is 0.358 e. The standard InChI is InChI=1S/C17H21N3O3/c1-12-6-2-3-7-14(12)23-11-5-4-10-20-16(13-8-9-13)15(17(21)22)18-19-20/h2-3,6-7,13H,4-5,8-11H2,1H3,(H,21,22). The van der Waals surface area contributed by atoms with Crippen molar-refractivity contribution in [1.82, 2.24) is 15.0 Å². The number of hydrogen-bond acceptors (Lipinski definition) is 4. The molecule has 2 aromatic rings. The van der Waals surface area contributed by atoms with Crippen LogP contribution in [0.2, 0.25) is 0 Å². The van der Waals surface area contributed by atoms with Gasteiger partial charge >= 0.3 is 5.97 Å². The van der Waals surface area contributed by atoms with Gasteiger partial charge in [-0.25, -0.2) is 9.48 Å². The van der Waals surface area contributed by atoms with E-state index in [-0.39, 0.29) is 5.69 Å². The average molecular weight is 315 g/mol. The molecule has 0 bridgehead atoms. The van der Waals surface area contributed by atoms with E-state index >= 15 is 0 Å². The number of rotatable bonds is 8. The third-order valence-corrected chi connectivity index (χ3v) is 4.06. The molecular weight excluding hydrogens is 294 g/mol. The Bertz CT molecular complexity index is 692. The molecule has 23 heavy (non-hydrogen) atoms. The highest BCUT2D eigenvalue weighted by Crippen LogP contribution is 2.41. The molecule has 1 fully saturated rings. The van der Waals surface area contributed by atoms with Crippen molar-refractivity contribution in [3.8, 4) is 5.75 Å². The molecular formula is C17H21N3O3. The molecule has 6 nitrogen and oxygen atoms in total. The second-order valence-electron chi connectivity index (χ2n) is 5.95. The fourth-order valence-electron chi connectivity index (χ4n) is 2.66. The quantitative estimate of drug-likeness (QED) is 0.758. The van der Waals surface area contributed by atoms with Crippen molar-refractivity contribution in [2.24, 2.45) is 0 Å². The number of benzene rings is 1. The van der Waals surface area contributed by atoms with Gasteiger partial charge in [0.1, 0.15) is 5.75 Å². The SMILES string of the molecule is Cc1ccccc1OCCCCn1nnc(C(=O)O)c1C1CC1. The van der Waals surface area contributed by atoms with Crippen LogP contribution in [0.15, 0.2) is 24.3 Å². The first-order chi connectivity index (χ1) is 11.2. The number of carboxylic acids is 1. The minimum absolute atomic E-state index is 0.115. The van der Waals surface area contributed by atoms with Gasteiger partial charge in [0.15, 0.2) is 5.69 Å². The zero-order valence-electron chi connectivity index (χ0n) is 13.2. The number of aryl methyl sites for hydroxylation is 2. The molecule has 0 spiro atoms. The van der Waals surface area contributed by atoms with E-state index < -0.39 is 5.97 Å². The lowest BCUT2D eigenvalue weighted by atomic mass is 10.2. The molecule has 1 saturated carbocycles. The van der Waals surface area contributed by atoms with Gasteiger partial charge < -0.3 is 9.84 Å². The van der Waals surface area contributed by atoms with Crippen LogP contribution in [0.3, 0.4) is 0 Å². The summed E-state index contributed by atoms with van der Waals surface area (Å²) in [4.78, 5) is 11.2. The van der Waals surface area contributed by atoms with Crippen LogP contribution in [-0.2, 0) is 6.54 Å². The topological polar surface area (TPSA) is 77.2 Å². The van der Waals surface area contributed by atoms with Crippen LogP contribution in [0.1, 0.15) is 53.3 Å². The van der Waals surface area contributed by atoms with E-state index in [2.05, 4.69) is 10.3 Å². The van der Waals surface area contributed by atoms with Crippen LogP contribution in [0.4, 0.5) is 0 Å². The van der Waals surface area contributed by atoms with E-state index in [9.17, 15) is 9.90 Å². The normalized spacial score (nSPS) is 14.0. The van der Waals surface area contributed by atoms with Gasteiger partial charge in [0.05, 0.1) is 12.3 Å². The van der Waals surface area contributed by atoms with Crippen molar-refractivity contribution in [3.05, 3.63) is 41.2 Å². The first kappa shape index (κ1) is 15.5. The summed E-state index contributed by atoms with van der Waals surface area (Å²) in [6.07, 6.45) is 3.84. The Morgan fingerprint density at radius 2 is 2.13 bits per heavy atom. The minimum atomic E-state index is -0.985. The largest absolute Gasteiger partial charge is 0.493 e. The third kappa shape index (κ3) is 3.70. The summed E-state index contributed by atoms with van der Waals surface area (Å²) >= 11 is 0. The summed E-state index contributed by atoms with van der Waals surface area (Å²) in [5.74, 6) is 0.250. The second kappa shape index (κ2) is 6.81. The molecule has 0 saturated heterocycles. The van der Waals surface area contributed by atoms with E-state index in [4.69, 9.17) is 4.74 Å². The number of carbonyl (C=O) groups is 1. The van der Waals surface area contributed by atoms with Gasteiger partial charge in [-0.1, -0.05) is 23.4 Å². The summed E-state index contributed by atoms with van der Waals surface area (Å²) in [6.45, 7) is 3.35. The highest BCUT2D eigenvalue weighted by atomic mass is 16.5. The van der Waals surface area contributed by atoms with Crippen molar-refractivity contribution in [2.75, 3.05) is 6.61 Å². The van der Waals surface area contributed by atoms with Crippen LogP contribution >= 0.6 is 0 Å². The van der Waals surface area contributed by atoms with Crippen LogP contribution < -0.4 is 4.74 Å². The molecule has 1 aliphatic carbocycles. The van der Waals surface area contributed by atoms with Gasteiger partial charge in [-0.05, 0) is 44.2 Å². The molecule has 0 radical (unpaired) electrons. The van der Waals surface area contributed by atoms with Gasteiger partial charge in [0.25, 0.3) is 0 Å². The molecule has 0 unspecified atom stereocenters. The lowest BCUT2D eigenvalue weighted by molar-refractivity contribution is 0.0689. The molecule has 0 amide bonds. The Morgan fingerprint density at radius 1 is 1.35 bits per heavy atom. The number of unbranched alkanes of at least 4 members (excludes halogenated alkanes) is 1. The molecule has 0 aliphatic heterocycles. The van der Waals surface area contributed by atoms with E-state index in [0.717, 1.165) is 42.7 Å². The number of aromatic nitrogens is 3. The number of carboxylic acid groups (broad SMARTS) is 1. The summed E-state index contributed by atoms with van der Waals surface area (Å²) in [5, 5.41) is 17.0. The fourth-order valence-corrected chi connectivity index (χ4v) is 2.66. The fraction of sp³-hybridized carbons (Fsp3) is 0.471. The number of aromatic carboxylic acids is 1. The molecule has 122 valence electrons. The zero-order chi connectivity index (χ0) is 16.2. The number of hydrogen-bond donors (Lipinski definition) is 1. The predicted octanol–water partition coefficient (Wildman–Crippen LogP) is 3.02. The molecule has 1 aromatic heterocycles. The molecule has 1 aromatic carbocycles. The molecule has 1 aliphatic rings. The maximum absolute atomic E-state index is 11.2. The van der Waals surface area contributed by atoms with E-state index in [1.807, 2.05) is 31.2 Å². The lowest BCUT2D eigenvalue weighted by Gasteiger charge is -2.09. The number of nitrogens with zero attached hydrogens (tertiary/aromatic N) is 3. The van der Waals surface area contributed by atoms with Crippen molar-refractivity contribution in [2.45, 2.75) is 45.1 Å². The number of ether oxygens (including phenoxy) is 1. The molecule has 0 atom stereocenters. The van der Waals surface area contributed by atoms with Crippen molar-refractivity contribution in [1.29, 1.82) is 0 Å². The van der Waals surface area contributed by atoms with Crippen LogP contribution in [-0.4, -0.2) is 32.7 Å². The van der Waals surface area contributed by atoms with E-state index in [0.29, 0.717) is 19.1 Å². The monoisotopic (exact) mass is 315 g/mol. The molecule has 1 N–H and O–H groups in total. The first-order valence-corrected chi connectivity index (χ1v) is 8.02. The summed E-state index contributed by atoms with van der Waals surface area (Å²) in [7, 11) is 0. The summed E-state index contributed by atoms with van der Waals surface area (Å²) in [5.41, 5.74) is 2.03. The maximum atomic E-state index is 11.2. The van der Waals surface area contributed by atoms with Crippen molar-refractivity contribution < 1.29 is 14.6 Å². The van der Waals surface area contributed by atoms with Crippen LogP contribution in [0.25, 0.3) is 0 Å². The zero-order valence-corrected chi connectivity index (χ0v) is 13.2. The Morgan fingerprint density at radius 3 is 2.83 bits per heavy atom. The van der Waals surface area contributed by atoms with Gasteiger partial charge in [0.2, 0.25) is 0 Å². The van der Waals surface area contributed by atoms with Crippen molar-refractivity contribution in [3.63, 3.8) is 0 Å². The predicted molar refractivity (Wildman–Crippen MR) is 84.9 cm³/mol. The molecule has 6 heteroatoms. The lowest BCUT2D eigenvalue weighted by Crippen LogP contribution is -2.09. The second-order valence-corrected chi connectivity index (χ2v) is 5.95. The Kier molecular flexibility index (Phi) is 4.60. The number of para-hydroxylation sites is 1. The summed E-state index contributed by atoms with van der Waals surface area (Å²) < 4.78 is 7.53. The Hall–Kier alpha value is -2.37. The van der Waals surface area contributed by atoms with Gasteiger partial charge in [-0.3, -0.25) is 0 Å². The van der Waals surface area contributed by atoms with Crippen LogP contribution in [0, 0.1) is 6.92 Å². The summed E-state index contributed by atoms with van der Waals surface area (Å²) in [6, 6.07) is 7.95. The molecule has 1 heterocycles. The Balaban J connectivity index is 1.50. The van der Waals surface area contributed by atoms with Gasteiger partial charge in [0, 0.05) is 12.5 Å². The minimum Gasteiger partial charge on any atom is -0.493 e. The highest BCUT2D eigenvalue weighted by Gasteiger charge is 2.33. The molecule has 3 rings (SSSR count). The van der Waals surface area contributed by atoms with Gasteiger partial charge in [-0.15, -0.1) is 5.10 Å². The third-order valence-electron chi connectivity index (χ3n) is 4.06. The Labute approximate surface area is 135 Å². The smallest absolute Gasteiger partial charge is 0.358 e. The highest BCUT2D eigenvalue weighted by molar-refractivity contribution is 5.86. The average Bonchev–Trinajstić information content (AvgIpc) is 3.28. The van der Waals surface area contributed by atoms with Gasteiger partial charge in [-0.2, -0.15) is 0 Å². The van der Waals surface area contributed by atoms with Crippen molar-refractivity contribution >= 4 is 5.97 Å². The van der Waals surface area contributed by atoms with E-state index in [1.165, 1.54) is 0 Å². The first-order valence-electron chi connectivity index (χ1n) is 8.02. The van der Waals surface area contributed by atoms with Crippen LogP contribution in [0.5, 0.6) is 5.75 Å². The van der Waals surface area contributed by atoms with E-state index in [1.54, 1.807) is 4.68 Å².